The highest BCUT2D eigenvalue weighted by molar-refractivity contribution is 7.98. The minimum absolute atomic E-state index is 0.0638. The Labute approximate surface area is 176 Å². The number of ether oxygens (including phenoxy) is 1. The number of hydrogen-bond acceptors (Lipinski definition) is 7. The third-order valence-electron chi connectivity index (χ3n) is 4.79. The number of benzene rings is 1. The van der Waals surface area contributed by atoms with Gasteiger partial charge in [-0.05, 0) is 31.5 Å². The Morgan fingerprint density at radius 3 is 2.83 bits per heavy atom. The summed E-state index contributed by atoms with van der Waals surface area (Å²) in [4.78, 5) is 25.1. The van der Waals surface area contributed by atoms with Crippen LogP contribution < -0.4 is 5.56 Å². The van der Waals surface area contributed by atoms with Crippen molar-refractivity contribution in [2.24, 2.45) is 0 Å². The Kier molecular flexibility index (Phi) is 5.89. The van der Waals surface area contributed by atoms with Crippen LogP contribution in [0.1, 0.15) is 42.8 Å². The summed E-state index contributed by atoms with van der Waals surface area (Å²) in [6.45, 7) is 4.72. The monoisotopic (exact) mass is 426 g/mol. The van der Waals surface area contributed by atoms with Crippen molar-refractivity contribution in [3.8, 4) is 0 Å². The number of thioether (sulfide) groups is 1. The summed E-state index contributed by atoms with van der Waals surface area (Å²) in [5.41, 5.74) is 1.09. The molecule has 1 aromatic carbocycles. The van der Waals surface area contributed by atoms with Gasteiger partial charge in [0.2, 0.25) is 5.78 Å². The maximum absolute atomic E-state index is 13.0. The molecular formula is C21H22N4O4S. The van der Waals surface area contributed by atoms with Gasteiger partial charge in [0, 0.05) is 6.54 Å². The molecule has 3 heterocycles. The molecule has 156 valence electrons. The number of para-hydroxylation sites is 1. The molecule has 0 N–H and O–H groups in total. The van der Waals surface area contributed by atoms with Crippen LogP contribution in [0, 0.1) is 0 Å². The lowest BCUT2D eigenvalue weighted by Gasteiger charge is -2.10. The number of fused-ring (bicyclic) bond motifs is 3. The van der Waals surface area contributed by atoms with Crippen LogP contribution in [-0.4, -0.2) is 31.7 Å². The predicted molar refractivity (Wildman–Crippen MR) is 114 cm³/mol. The molecular weight excluding hydrogens is 404 g/mol. The maximum Gasteiger partial charge on any atom is 0.341 e. The summed E-state index contributed by atoms with van der Waals surface area (Å²) in [6, 6.07) is 9.05. The van der Waals surface area contributed by atoms with Crippen LogP contribution in [0.2, 0.25) is 0 Å². The number of carbonyl (C=O) groups is 1. The van der Waals surface area contributed by atoms with Gasteiger partial charge in [0.05, 0.1) is 29.5 Å². The largest absolute Gasteiger partial charge is 0.468 e. The average molecular weight is 426 g/mol. The van der Waals surface area contributed by atoms with Crippen LogP contribution in [0.4, 0.5) is 0 Å². The second-order valence-corrected chi connectivity index (χ2v) is 7.65. The molecule has 0 radical (unpaired) electrons. The van der Waals surface area contributed by atoms with Gasteiger partial charge in [-0.25, -0.2) is 4.79 Å². The highest BCUT2D eigenvalue weighted by atomic mass is 32.2. The molecule has 30 heavy (non-hydrogen) atoms. The molecule has 0 saturated heterocycles. The standard InChI is InChI=1S/C21H22N4O4S/c1-3-5-11-24-18(26)14-8-6-7-9-16(14)25-20(24)22-23-21(25)30-13-17-15(10-12-29-17)19(27)28-4-2/h6-10,12H,3-5,11,13H2,1-2H3. The summed E-state index contributed by atoms with van der Waals surface area (Å²) in [5.74, 6) is 0.995. The Hall–Kier alpha value is -3.07. The first-order valence-electron chi connectivity index (χ1n) is 9.88. The molecule has 3 aromatic heterocycles. The highest BCUT2D eigenvalue weighted by Gasteiger charge is 2.19. The Balaban J connectivity index is 1.75. The van der Waals surface area contributed by atoms with E-state index in [1.54, 1.807) is 17.6 Å². The summed E-state index contributed by atoms with van der Waals surface area (Å²) >= 11 is 1.39. The first kappa shape index (κ1) is 20.2. The normalized spacial score (nSPS) is 11.4. The number of hydrogen-bond donors (Lipinski definition) is 0. The Bertz CT molecular complexity index is 1260. The number of unbranched alkanes of at least 4 members (excludes halogenated alkanes) is 1. The van der Waals surface area contributed by atoms with Crippen molar-refractivity contribution < 1.29 is 13.9 Å². The first-order valence-corrected chi connectivity index (χ1v) is 10.9. The van der Waals surface area contributed by atoms with Crippen LogP contribution in [0.5, 0.6) is 0 Å². The van der Waals surface area contributed by atoms with E-state index in [9.17, 15) is 9.59 Å². The lowest BCUT2D eigenvalue weighted by Crippen LogP contribution is -2.23. The van der Waals surface area contributed by atoms with Gasteiger partial charge in [-0.15, -0.1) is 10.2 Å². The first-order chi connectivity index (χ1) is 14.7. The summed E-state index contributed by atoms with van der Waals surface area (Å²) < 4.78 is 14.1. The molecule has 0 aliphatic carbocycles. The number of nitrogens with zero attached hydrogens (tertiary/aromatic N) is 4. The van der Waals surface area contributed by atoms with Crippen molar-refractivity contribution in [2.75, 3.05) is 6.61 Å². The minimum Gasteiger partial charge on any atom is -0.468 e. The lowest BCUT2D eigenvalue weighted by molar-refractivity contribution is 0.0524. The van der Waals surface area contributed by atoms with Crippen molar-refractivity contribution in [3.63, 3.8) is 0 Å². The highest BCUT2D eigenvalue weighted by Crippen LogP contribution is 2.27. The number of aromatic nitrogens is 4. The van der Waals surface area contributed by atoms with E-state index in [0.29, 0.717) is 46.5 Å². The van der Waals surface area contributed by atoms with Crippen molar-refractivity contribution in [3.05, 3.63) is 58.3 Å². The zero-order valence-corrected chi connectivity index (χ0v) is 17.6. The van der Waals surface area contributed by atoms with Crippen LogP contribution in [0.15, 0.2) is 51.0 Å². The molecule has 9 heteroatoms. The van der Waals surface area contributed by atoms with Crippen LogP contribution in [-0.2, 0) is 17.0 Å². The zero-order valence-electron chi connectivity index (χ0n) is 16.8. The molecule has 0 saturated carbocycles. The van der Waals surface area contributed by atoms with Gasteiger partial charge in [-0.2, -0.15) is 0 Å². The van der Waals surface area contributed by atoms with E-state index in [1.807, 2.05) is 28.7 Å². The fourth-order valence-corrected chi connectivity index (χ4v) is 4.21. The summed E-state index contributed by atoms with van der Waals surface area (Å²) in [6.07, 6.45) is 3.32. The van der Waals surface area contributed by atoms with Crippen molar-refractivity contribution in [1.29, 1.82) is 0 Å². The van der Waals surface area contributed by atoms with E-state index in [-0.39, 0.29) is 5.56 Å². The SMILES string of the molecule is CCCCn1c(=O)c2ccccc2n2c(SCc3occc3C(=O)OCC)nnc12. The van der Waals surface area contributed by atoms with E-state index < -0.39 is 5.97 Å². The molecule has 4 aromatic rings. The van der Waals surface area contributed by atoms with E-state index in [0.717, 1.165) is 18.4 Å². The van der Waals surface area contributed by atoms with E-state index >= 15 is 0 Å². The minimum atomic E-state index is -0.410. The number of rotatable bonds is 8. The molecule has 8 nitrogen and oxygen atoms in total. The molecule has 4 rings (SSSR count). The van der Waals surface area contributed by atoms with Crippen LogP contribution in [0.3, 0.4) is 0 Å². The predicted octanol–water partition coefficient (Wildman–Crippen LogP) is 3.91. The number of aryl methyl sites for hydroxylation is 1. The number of furan rings is 1. The maximum atomic E-state index is 13.0. The fraction of sp³-hybridized carbons (Fsp3) is 0.333. The smallest absolute Gasteiger partial charge is 0.341 e. The van der Waals surface area contributed by atoms with Gasteiger partial charge in [0.15, 0.2) is 5.16 Å². The van der Waals surface area contributed by atoms with Gasteiger partial charge in [0.25, 0.3) is 5.56 Å². The third-order valence-corrected chi connectivity index (χ3v) is 5.72. The second kappa shape index (κ2) is 8.74. The van der Waals surface area contributed by atoms with Crippen molar-refractivity contribution in [2.45, 2.75) is 44.1 Å². The van der Waals surface area contributed by atoms with Crippen molar-refractivity contribution in [1.82, 2.24) is 19.2 Å². The average Bonchev–Trinajstić information content (AvgIpc) is 3.39. The Morgan fingerprint density at radius 1 is 1.20 bits per heavy atom. The van der Waals surface area contributed by atoms with Crippen LogP contribution >= 0.6 is 11.8 Å². The van der Waals surface area contributed by atoms with Gasteiger partial charge in [0.1, 0.15) is 11.3 Å². The number of esters is 1. The molecule has 0 aliphatic rings. The van der Waals surface area contributed by atoms with Gasteiger partial charge >= 0.3 is 5.97 Å². The Morgan fingerprint density at radius 2 is 2.03 bits per heavy atom. The van der Waals surface area contributed by atoms with Gasteiger partial charge < -0.3 is 9.15 Å². The zero-order chi connectivity index (χ0) is 21.1. The van der Waals surface area contributed by atoms with Gasteiger partial charge in [-0.3, -0.25) is 13.8 Å². The van der Waals surface area contributed by atoms with E-state index in [1.165, 1.54) is 18.0 Å². The van der Waals surface area contributed by atoms with Crippen LogP contribution in [0.25, 0.3) is 16.7 Å². The quantitative estimate of drug-likeness (QED) is 0.312. The molecule has 0 bridgehead atoms. The molecule has 0 aliphatic heterocycles. The fourth-order valence-electron chi connectivity index (χ4n) is 3.32. The molecule has 0 amide bonds. The lowest BCUT2D eigenvalue weighted by atomic mass is 10.2. The molecule has 0 fully saturated rings. The van der Waals surface area contributed by atoms with Gasteiger partial charge in [-0.1, -0.05) is 37.2 Å². The van der Waals surface area contributed by atoms with E-state index in [2.05, 4.69) is 17.1 Å². The molecule has 0 unspecified atom stereocenters. The van der Waals surface area contributed by atoms with Crippen molar-refractivity contribution >= 4 is 34.4 Å². The summed E-state index contributed by atoms with van der Waals surface area (Å²) in [5, 5.41) is 9.87. The third kappa shape index (κ3) is 3.60. The summed E-state index contributed by atoms with van der Waals surface area (Å²) in [7, 11) is 0. The molecule has 0 spiro atoms. The topological polar surface area (TPSA) is 91.6 Å². The molecule has 0 atom stereocenters. The second-order valence-electron chi connectivity index (χ2n) is 6.71. The number of carbonyl (C=O) groups excluding carboxylic acids is 1. The van der Waals surface area contributed by atoms with E-state index in [4.69, 9.17) is 9.15 Å².